The fourth-order valence-corrected chi connectivity index (χ4v) is 3.28. The van der Waals surface area contributed by atoms with Gasteiger partial charge in [-0.3, -0.25) is 4.98 Å². The van der Waals surface area contributed by atoms with Crippen LogP contribution in [0.4, 0.5) is 0 Å². The molecule has 0 saturated carbocycles. The highest BCUT2D eigenvalue weighted by Gasteiger charge is 2.16. The molecule has 0 spiro atoms. The fourth-order valence-electron chi connectivity index (χ4n) is 2.09. The molecule has 19 heavy (non-hydrogen) atoms. The van der Waals surface area contributed by atoms with Crippen LogP contribution in [0.25, 0.3) is 0 Å². The van der Waals surface area contributed by atoms with E-state index in [2.05, 4.69) is 58.3 Å². The van der Waals surface area contributed by atoms with Gasteiger partial charge in [0, 0.05) is 28.0 Å². The Hall–Kier alpha value is -0.710. The molecule has 0 amide bonds. The lowest BCUT2D eigenvalue weighted by atomic mass is 10.0. The van der Waals surface area contributed by atoms with Gasteiger partial charge in [0.2, 0.25) is 0 Å². The minimum Gasteiger partial charge on any atom is -0.310 e. The van der Waals surface area contributed by atoms with Crippen LogP contribution in [0, 0.1) is 6.92 Å². The highest BCUT2D eigenvalue weighted by Crippen LogP contribution is 2.29. The molecule has 2 rings (SSSR count). The van der Waals surface area contributed by atoms with Gasteiger partial charge in [-0.05, 0) is 31.0 Å². The molecule has 0 aliphatic heterocycles. The average Bonchev–Trinajstić information content (AvgIpc) is 2.91. The molecule has 0 fully saturated rings. The highest BCUT2D eigenvalue weighted by atomic mass is 79.9. The van der Waals surface area contributed by atoms with E-state index in [-0.39, 0.29) is 0 Å². The molecule has 102 valence electrons. The quantitative estimate of drug-likeness (QED) is 0.838. The number of aromatic nitrogens is 1. The first-order chi connectivity index (χ1) is 9.22. The van der Waals surface area contributed by atoms with Crippen LogP contribution in [0.15, 0.2) is 34.4 Å². The Morgan fingerprint density at radius 2 is 2.26 bits per heavy atom. The van der Waals surface area contributed by atoms with E-state index in [4.69, 9.17) is 0 Å². The smallest absolute Gasteiger partial charge is 0.0794 e. The van der Waals surface area contributed by atoms with E-state index in [9.17, 15) is 0 Å². The molecule has 2 aromatic rings. The van der Waals surface area contributed by atoms with Crippen LogP contribution in [0.1, 0.15) is 35.4 Å². The van der Waals surface area contributed by atoms with Gasteiger partial charge < -0.3 is 5.32 Å². The van der Waals surface area contributed by atoms with Crippen LogP contribution in [0.3, 0.4) is 0 Å². The number of rotatable bonds is 6. The van der Waals surface area contributed by atoms with Gasteiger partial charge in [-0.25, -0.2) is 0 Å². The summed E-state index contributed by atoms with van der Waals surface area (Å²) in [5.74, 6) is 0. The van der Waals surface area contributed by atoms with Gasteiger partial charge in [0.25, 0.3) is 0 Å². The molecule has 0 saturated heterocycles. The zero-order valence-electron chi connectivity index (χ0n) is 11.3. The predicted molar refractivity (Wildman–Crippen MR) is 85.7 cm³/mol. The monoisotopic (exact) mass is 338 g/mol. The second-order valence-corrected chi connectivity index (χ2v) is 6.42. The van der Waals surface area contributed by atoms with E-state index in [0.717, 1.165) is 19.4 Å². The Morgan fingerprint density at radius 3 is 2.95 bits per heavy atom. The van der Waals surface area contributed by atoms with E-state index < -0.39 is 0 Å². The summed E-state index contributed by atoms with van der Waals surface area (Å²) in [5.41, 5.74) is 4.52. The van der Waals surface area contributed by atoms with Crippen LogP contribution in [-0.2, 0) is 6.42 Å². The first-order valence-corrected chi connectivity index (χ1v) is 8.25. The molecular formula is C15H19BrN2S. The first-order valence-electron chi connectivity index (χ1n) is 6.58. The van der Waals surface area contributed by atoms with E-state index in [0.29, 0.717) is 6.04 Å². The lowest BCUT2D eigenvalue weighted by molar-refractivity contribution is 0.530. The van der Waals surface area contributed by atoms with Crippen LogP contribution < -0.4 is 5.32 Å². The number of hydrogen-bond donors (Lipinski definition) is 1. The van der Waals surface area contributed by atoms with Gasteiger partial charge >= 0.3 is 0 Å². The summed E-state index contributed by atoms with van der Waals surface area (Å²) in [5, 5.41) is 3.64. The van der Waals surface area contributed by atoms with E-state index in [1.807, 2.05) is 11.7 Å². The molecule has 0 aliphatic rings. The maximum atomic E-state index is 4.17. The third-order valence-corrected chi connectivity index (χ3v) is 5.01. The second-order valence-electron chi connectivity index (χ2n) is 4.66. The number of hydrogen-bond acceptors (Lipinski definition) is 3. The molecular weight excluding hydrogens is 320 g/mol. The van der Waals surface area contributed by atoms with Crippen molar-refractivity contribution in [1.29, 1.82) is 0 Å². The normalized spacial score (nSPS) is 12.6. The third kappa shape index (κ3) is 3.88. The van der Waals surface area contributed by atoms with Crippen LogP contribution >= 0.6 is 27.3 Å². The Kier molecular flexibility index (Phi) is 5.55. The number of nitrogens with zero attached hydrogens (tertiary/aromatic N) is 1. The molecule has 1 unspecified atom stereocenters. The van der Waals surface area contributed by atoms with Gasteiger partial charge in [0.1, 0.15) is 0 Å². The van der Waals surface area contributed by atoms with Crippen molar-refractivity contribution in [3.05, 3.63) is 50.4 Å². The van der Waals surface area contributed by atoms with Crippen molar-refractivity contribution in [2.45, 2.75) is 32.7 Å². The highest BCUT2D eigenvalue weighted by molar-refractivity contribution is 9.10. The molecule has 1 aromatic carbocycles. The van der Waals surface area contributed by atoms with Gasteiger partial charge in [-0.2, -0.15) is 0 Å². The van der Waals surface area contributed by atoms with Crippen molar-refractivity contribution in [3.63, 3.8) is 0 Å². The summed E-state index contributed by atoms with van der Waals surface area (Å²) < 4.78 is 1.22. The van der Waals surface area contributed by atoms with Crippen LogP contribution in [0.2, 0.25) is 0 Å². The summed E-state index contributed by atoms with van der Waals surface area (Å²) >= 11 is 5.45. The molecule has 1 N–H and O–H groups in total. The minimum absolute atomic E-state index is 0.342. The first kappa shape index (κ1) is 14.7. The molecule has 0 bridgehead atoms. The van der Waals surface area contributed by atoms with Crippen molar-refractivity contribution in [2.24, 2.45) is 0 Å². The second kappa shape index (κ2) is 7.17. The zero-order valence-corrected chi connectivity index (χ0v) is 13.7. The lowest BCUT2D eigenvalue weighted by Crippen LogP contribution is -2.24. The Morgan fingerprint density at radius 1 is 1.42 bits per heavy atom. The van der Waals surface area contributed by atoms with Crippen molar-refractivity contribution in [2.75, 3.05) is 6.54 Å². The molecule has 1 aromatic heterocycles. The van der Waals surface area contributed by atoms with E-state index in [1.165, 1.54) is 20.5 Å². The molecule has 4 heteroatoms. The average molecular weight is 339 g/mol. The van der Waals surface area contributed by atoms with Crippen molar-refractivity contribution in [1.82, 2.24) is 10.3 Å². The zero-order chi connectivity index (χ0) is 13.7. The van der Waals surface area contributed by atoms with Gasteiger partial charge in [0.15, 0.2) is 0 Å². The summed E-state index contributed by atoms with van der Waals surface area (Å²) in [6, 6.07) is 6.81. The maximum absolute atomic E-state index is 4.17. The topological polar surface area (TPSA) is 24.9 Å². The number of thiazole rings is 1. The molecule has 0 radical (unpaired) electrons. The van der Waals surface area contributed by atoms with Gasteiger partial charge in [-0.15, -0.1) is 11.3 Å². The molecule has 1 atom stereocenters. The van der Waals surface area contributed by atoms with Gasteiger partial charge in [0.05, 0.1) is 5.51 Å². The standard InChI is InChI=1S/C15H19BrN2S/c1-3-7-18-14(8-12-9-17-10-19-12)13-6-4-5-11(2)15(13)16/h4-6,9-10,14,18H,3,7-8H2,1-2H3. The lowest BCUT2D eigenvalue weighted by Gasteiger charge is -2.20. The van der Waals surface area contributed by atoms with Gasteiger partial charge in [-0.1, -0.05) is 41.1 Å². The van der Waals surface area contributed by atoms with Crippen molar-refractivity contribution in [3.8, 4) is 0 Å². The fraction of sp³-hybridized carbons (Fsp3) is 0.400. The van der Waals surface area contributed by atoms with Crippen molar-refractivity contribution >= 4 is 27.3 Å². The molecule has 0 aliphatic carbocycles. The Labute approximate surface area is 127 Å². The third-order valence-electron chi connectivity index (χ3n) is 3.13. The van der Waals surface area contributed by atoms with Crippen LogP contribution in [-0.4, -0.2) is 11.5 Å². The van der Waals surface area contributed by atoms with E-state index in [1.54, 1.807) is 11.3 Å². The van der Waals surface area contributed by atoms with E-state index >= 15 is 0 Å². The number of aryl methyl sites for hydroxylation is 1. The number of benzene rings is 1. The summed E-state index contributed by atoms with van der Waals surface area (Å²) in [6.07, 6.45) is 4.10. The number of halogens is 1. The number of nitrogens with one attached hydrogen (secondary N) is 1. The largest absolute Gasteiger partial charge is 0.310 e. The summed E-state index contributed by atoms with van der Waals surface area (Å²) in [6.45, 7) is 5.36. The Balaban J connectivity index is 2.23. The van der Waals surface area contributed by atoms with Crippen molar-refractivity contribution < 1.29 is 0 Å². The van der Waals surface area contributed by atoms with Crippen LogP contribution in [0.5, 0.6) is 0 Å². The molecule has 2 nitrogen and oxygen atoms in total. The maximum Gasteiger partial charge on any atom is 0.0794 e. The summed E-state index contributed by atoms with van der Waals surface area (Å²) in [4.78, 5) is 5.49. The predicted octanol–water partition coefficient (Wildman–Crippen LogP) is 4.50. The minimum atomic E-state index is 0.342. The Bertz CT molecular complexity index is 511. The summed E-state index contributed by atoms with van der Waals surface area (Å²) in [7, 11) is 0. The molecule has 1 heterocycles. The SMILES string of the molecule is CCCNC(Cc1cncs1)c1cccc(C)c1Br.